The summed E-state index contributed by atoms with van der Waals surface area (Å²) in [5.74, 6) is 0.693. The number of amides is 2. The van der Waals surface area contributed by atoms with Gasteiger partial charge in [-0.15, -0.1) is 0 Å². The molecule has 7 heteroatoms. The maximum Gasteiger partial charge on any atom is 0.323 e. The molecule has 2 aromatic heterocycles. The Morgan fingerprint density at radius 1 is 1.22 bits per heavy atom. The average Bonchev–Trinajstić information content (AvgIpc) is 3.21. The third kappa shape index (κ3) is 4.19. The van der Waals surface area contributed by atoms with Crippen molar-refractivity contribution in [1.29, 1.82) is 0 Å². The number of carbonyl (C=O) groups excluding carboxylic acids is 1. The number of aryl methyl sites for hydroxylation is 2. The van der Waals surface area contributed by atoms with Crippen molar-refractivity contribution >= 4 is 11.8 Å². The number of nitrogens with zero attached hydrogens (tertiary/aromatic N) is 5. The average molecular weight is 366 g/mol. The molecule has 0 saturated heterocycles. The highest BCUT2D eigenvalue weighted by atomic mass is 16.2. The van der Waals surface area contributed by atoms with Crippen LogP contribution in [-0.4, -0.2) is 37.5 Å². The number of anilines is 1. The minimum Gasteiger partial charge on any atom is -0.323 e. The van der Waals surface area contributed by atoms with E-state index in [1.54, 1.807) is 28.9 Å². The third-order valence-electron chi connectivity index (χ3n) is 4.33. The van der Waals surface area contributed by atoms with Crippen molar-refractivity contribution in [2.45, 2.75) is 40.3 Å². The number of aromatic nitrogens is 4. The fourth-order valence-electron chi connectivity index (χ4n) is 3.05. The number of urea groups is 1. The smallest absolute Gasteiger partial charge is 0.323 e. The lowest BCUT2D eigenvalue weighted by atomic mass is 10.2. The Labute approximate surface area is 159 Å². The van der Waals surface area contributed by atoms with Crippen LogP contribution >= 0.6 is 0 Å². The molecule has 0 atom stereocenters. The summed E-state index contributed by atoms with van der Waals surface area (Å²) in [6.45, 7) is 8.56. The van der Waals surface area contributed by atoms with Crippen LogP contribution in [0.2, 0.25) is 0 Å². The van der Waals surface area contributed by atoms with E-state index < -0.39 is 0 Å². The van der Waals surface area contributed by atoms with Crippen molar-refractivity contribution in [2.24, 2.45) is 0 Å². The summed E-state index contributed by atoms with van der Waals surface area (Å²) in [4.78, 5) is 14.2. The highest BCUT2D eigenvalue weighted by molar-refractivity contribution is 5.88. The maximum atomic E-state index is 12.6. The first-order valence-electron chi connectivity index (χ1n) is 9.03. The SMILES string of the molecule is Cc1cc(C)n(-c2cccc(CN(C)C(=O)Nc3ccnn3C(C)C)c2)n1. The summed E-state index contributed by atoms with van der Waals surface area (Å²) in [7, 11) is 1.78. The zero-order valence-electron chi connectivity index (χ0n) is 16.5. The summed E-state index contributed by atoms with van der Waals surface area (Å²) in [6, 6.07) is 11.9. The Morgan fingerprint density at radius 3 is 2.67 bits per heavy atom. The van der Waals surface area contributed by atoms with Crippen molar-refractivity contribution in [1.82, 2.24) is 24.5 Å². The number of carbonyl (C=O) groups is 1. The quantitative estimate of drug-likeness (QED) is 0.744. The summed E-state index contributed by atoms with van der Waals surface area (Å²) in [5, 5.41) is 11.7. The van der Waals surface area contributed by atoms with Gasteiger partial charge in [-0.1, -0.05) is 12.1 Å². The van der Waals surface area contributed by atoms with Gasteiger partial charge in [-0.2, -0.15) is 10.2 Å². The van der Waals surface area contributed by atoms with Gasteiger partial charge in [0.15, 0.2) is 0 Å². The highest BCUT2D eigenvalue weighted by Gasteiger charge is 2.14. The van der Waals surface area contributed by atoms with E-state index in [1.165, 1.54) is 0 Å². The van der Waals surface area contributed by atoms with E-state index in [4.69, 9.17) is 0 Å². The molecule has 0 fully saturated rings. The number of nitrogens with one attached hydrogen (secondary N) is 1. The van der Waals surface area contributed by atoms with Crippen molar-refractivity contribution in [2.75, 3.05) is 12.4 Å². The predicted molar refractivity (Wildman–Crippen MR) is 106 cm³/mol. The Bertz CT molecular complexity index is 940. The van der Waals surface area contributed by atoms with E-state index in [9.17, 15) is 4.79 Å². The molecule has 0 aliphatic rings. The van der Waals surface area contributed by atoms with Crippen molar-refractivity contribution in [3.8, 4) is 5.69 Å². The molecule has 3 aromatic rings. The molecule has 0 spiro atoms. The molecule has 7 nitrogen and oxygen atoms in total. The molecule has 142 valence electrons. The van der Waals surface area contributed by atoms with E-state index in [2.05, 4.69) is 21.6 Å². The number of hydrogen-bond donors (Lipinski definition) is 1. The van der Waals surface area contributed by atoms with Crippen LogP contribution in [0.5, 0.6) is 0 Å². The van der Waals surface area contributed by atoms with Gasteiger partial charge < -0.3 is 4.90 Å². The lowest BCUT2D eigenvalue weighted by molar-refractivity contribution is 0.220. The standard InChI is InChI=1S/C20H26N6O/c1-14(2)25-19(9-10-21-25)22-20(27)24(5)13-17-7-6-8-18(12-17)26-16(4)11-15(3)23-26/h6-12,14H,13H2,1-5H3,(H,22,27). The van der Waals surface area contributed by atoms with Gasteiger partial charge >= 0.3 is 6.03 Å². The number of rotatable bonds is 5. The van der Waals surface area contributed by atoms with Gasteiger partial charge in [0.1, 0.15) is 5.82 Å². The van der Waals surface area contributed by atoms with Gasteiger partial charge in [-0.25, -0.2) is 14.2 Å². The second-order valence-corrected chi connectivity index (χ2v) is 7.05. The molecule has 3 rings (SSSR count). The van der Waals surface area contributed by atoms with Gasteiger partial charge in [0, 0.05) is 31.4 Å². The summed E-state index contributed by atoms with van der Waals surface area (Å²) in [5.41, 5.74) is 4.09. The van der Waals surface area contributed by atoms with Gasteiger partial charge in [0.25, 0.3) is 0 Å². The molecule has 27 heavy (non-hydrogen) atoms. The second-order valence-electron chi connectivity index (χ2n) is 7.05. The van der Waals surface area contributed by atoms with Gasteiger partial charge in [0.05, 0.1) is 17.6 Å². The first-order chi connectivity index (χ1) is 12.8. The molecule has 0 aliphatic carbocycles. The predicted octanol–water partition coefficient (Wildman–Crippen LogP) is 3.93. The lowest BCUT2D eigenvalue weighted by Crippen LogP contribution is -2.31. The zero-order chi connectivity index (χ0) is 19.6. The third-order valence-corrected chi connectivity index (χ3v) is 4.33. The molecule has 2 heterocycles. The van der Waals surface area contributed by atoms with Crippen LogP contribution < -0.4 is 5.32 Å². The largest absolute Gasteiger partial charge is 0.323 e. The molecular formula is C20H26N6O. The van der Waals surface area contributed by atoms with Crippen LogP contribution in [0.1, 0.15) is 36.8 Å². The topological polar surface area (TPSA) is 68.0 Å². The van der Waals surface area contributed by atoms with E-state index in [-0.39, 0.29) is 12.1 Å². The van der Waals surface area contributed by atoms with Crippen molar-refractivity contribution in [3.63, 3.8) is 0 Å². The molecule has 0 radical (unpaired) electrons. The molecule has 0 saturated carbocycles. The van der Waals surface area contributed by atoms with Gasteiger partial charge in [0.2, 0.25) is 0 Å². The normalized spacial score (nSPS) is 11.0. The highest BCUT2D eigenvalue weighted by Crippen LogP contribution is 2.16. The first-order valence-corrected chi connectivity index (χ1v) is 9.03. The fraction of sp³-hybridized carbons (Fsp3) is 0.350. The summed E-state index contributed by atoms with van der Waals surface area (Å²) in [6.07, 6.45) is 1.69. The summed E-state index contributed by atoms with van der Waals surface area (Å²) < 4.78 is 3.70. The Balaban J connectivity index is 1.71. The minimum absolute atomic E-state index is 0.172. The number of hydrogen-bond acceptors (Lipinski definition) is 3. The van der Waals surface area contributed by atoms with Crippen LogP contribution in [0.3, 0.4) is 0 Å². The Kier molecular flexibility index (Phi) is 5.30. The minimum atomic E-state index is -0.172. The second kappa shape index (κ2) is 7.65. The maximum absolute atomic E-state index is 12.6. The van der Waals surface area contributed by atoms with Crippen LogP contribution in [0.15, 0.2) is 42.6 Å². The molecule has 0 unspecified atom stereocenters. The van der Waals surface area contributed by atoms with Crippen LogP contribution in [-0.2, 0) is 6.54 Å². The Morgan fingerprint density at radius 2 is 2.00 bits per heavy atom. The molecular weight excluding hydrogens is 340 g/mol. The Hall–Kier alpha value is -3.09. The van der Waals surface area contributed by atoms with E-state index >= 15 is 0 Å². The van der Waals surface area contributed by atoms with E-state index in [0.717, 1.165) is 22.6 Å². The van der Waals surface area contributed by atoms with Gasteiger partial charge in [-0.3, -0.25) is 5.32 Å². The fourth-order valence-corrected chi connectivity index (χ4v) is 3.05. The lowest BCUT2D eigenvalue weighted by Gasteiger charge is -2.19. The molecule has 2 amide bonds. The first kappa shape index (κ1) is 18.7. The van der Waals surface area contributed by atoms with Crippen molar-refractivity contribution in [3.05, 3.63) is 59.5 Å². The molecule has 0 bridgehead atoms. The summed E-state index contributed by atoms with van der Waals surface area (Å²) >= 11 is 0. The van der Waals surface area contributed by atoms with Gasteiger partial charge in [-0.05, 0) is 51.5 Å². The van der Waals surface area contributed by atoms with Crippen LogP contribution in [0, 0.1) is 13.8 Å². The monoisotopic (exact) mass is 366 g/mol. The van der Waals surface area contributed by atoms with E-state index in [1.807, 2.05) is 56.6 Å². The molecule has 0 aliphatic heterocycles. The van der Waals surface area contributed by atoms with E-state index in [0.29, 0.717) is 12.4 Å². The van der Waals surface area contributed by atoms with Crippen LogP contribution in [0.4, 0.5) is 10.6 Å². The van der Waals surface area contributed by atoms with Crippen molar-refractivity contribution < 1.29 is 4.79 Å². The van der Waals surface area contributed by atoms with Crippen LogP contribution in [0.25, 0.3) is 5.69 Å². The molecule has 1 aromatic carbocycles. The number of benzene rings is 1. The zero-order valence-corrected chi connectivity index (χ0v) is 16.5. The molecule has 1 N–H and O–H groups in total.